The number of rotatable bonds is 6. The van der Waals surface area contributed by atoms with E-state index in [0.717, 1.165) is 34.1 Å². The van der Waals surface area contributed by atoms with Gasteiger partial charge in [-0.1, -0.05) is 48.0 Å². The van der Waals surface area contributed by atoms with Crippen molar-refractivity contribution in [1.82, 2.24) is 0 Å². The van der Waals surface area contributed by atoms with E-state index in [9.17, 15) is 0 Å². The van der Waals surface area contributed by atoms with Gasteiger partial charge in [0.25, 0.3) is 0 Å². The van der Waals surface area contributed by atoms with Crippen molar-refractivity contribution in [3.8, 4) is 5.75 Å². The number of nitrogens with one attached hydrogen (secondary N) is 1. The van der Waals surface area contributed by atoms with E-state index in [2.05, 4.69) is 43.4 Å². The summed E-state index contributed by atoms with van der Waals surface area (Å²) >= 11 is 5.93. The topological polar surface area (TPSA) is 21.3 Å². The van der Waals surface area contributed by atoms with E-state index in [0.29, 0.717) is 6.61 Å². The first-order valence-electron chi connectivity index (χ1n) is 8.38. The number of benzene rings is 3. The number of hydrogen-bond acceptors (Lipinski definition) is 2. The normalized spacial score (nSPS) is 10.5. The molecular weight excluding hydrogens is 330 g/mol. The van der Waals surface area contributed by atoms with Gasteiger partial charge in [0.1, 0.15) is 12.4 Å². The number of hydrogen-bond donors (Lipinski definition) is 1. The summed E-state index contributed by atoms with van der Waals surface area (Å²) in [4.78, 5) is 0. The molecule has 3 aromatic rings. The van der Waals surface area contributed by atoms with Crippen molar-refractivity contribution in [1.29, 1.82) is 0 Å². The summed E-state index contributed by atoms with van der Waals surface area (Å²) in [7, 11) is 0. The summed E-state index contributed by atoms with van der Waals surface area (Å²) in [6.07, 6.45) is 0. The molecule has 0 saturated heterocycles. The Morgan fingerprint density at radius 3 is 2.40 bits per heavy atom. The van der Waals surface area contributed by atoms with Crippen LogP contribution in [0.15, 0.2) is 66.7 Å². The minimum atomic E-state index is 0.526. The molecule has 0 heterocycles. The third kappa shape index (κ3) is 4.77. The summed E-state index contributed by atoms with van der Waals surface area (Å²) in [5.74, 6) is 0.897. The van der Waals surface area contributed by atoms with Gasteiger partial charge in [0.2, 0.25) is 0 Å². The van der Waals surface area contributed by atoms with Crippen LogP contribution in [0.3, 0.4) is 0 Å². The van der Waals surface area contributed by atoms with E-state index in [-0.39, 0.29) is 0 Å². The van der Waals surface area contributed by atoms with Crippen molar-refractivity contribution >= 4 is 17.3 Å². The second kappa shape index (κ2) is 8.09. The lowest BCUT2D eigenvalue weighted by atomic mass is 10.1. The highest BCUT2D eigenvalue weighted by molar-refractivity contribution is 6.30. The van der Waals surface area contributed by atoms with E-state index in [4.69, 9.17) is 16.3 Å². The zero-order valence-electron chi connectivity index (χ0n) is 14.6. The van der Waals surface area contributed by atoms with Crippen LogP contribution in [0.1, 0.15) is 22.3 Å². The number of anilines is 1. The molecule has 0 aliphatic rings. The van der Waals surface area contributed by atoms with Gasteiger partial charge < -0.3 is 10.1 Å². The molecule has 0 unspecified atom stereocenters. The molecule has 2 nitrogen and oxygen atoms in total. The third-order valence-electron chi connectivity index (χ3n) is 4.27. The van der Waals surface area contributed by atoms with Crippen LogP contribution < -0.4 is 10.1 Å². The standard InChI is InChI=1S/C22H22ClNO/c1-16-7-12-21(13-17(16)2)24-14-19-5-3-4-6-22(19)25-15-18-8-10-20(23)11-9-18/h3-13,24H,14-15H2,1-2H3. The Balaban J connectivity index is 1.65. The van der Waals surface area contributed by atoms with Gasteiger partial charge in [0.05, 0.1) is 0 Å². The fourth-order valence-corrected chi connectivity index (χ4v) is 2.71. The summed E-state index contributed by atoms with van der Waals surface area (Å²) in [6, 6.07) is 22.3. The second-order valence-corrected chi connectivity index (χ2v) is 6.61. The fraction of sp³-hybridized carbons (Fsp3) is 0.182. The van der Waals surface area contributed by atoms with Crippen LogP contribution >= 0.6 is 11.6 Å². The Morgan fingerprint density at radius 1 is 0.880 bits per heavy atom. The Bertz CT molecular complexity index is 843. The Labute approximate surface area is 154 Å². The predicted octanol–water partition coefficient (Wildman–Crippen LogP) is 6.15. The lowest BCUT2D eigenvalue weighted by molar-refractivity contribution is 0.303. The molecule has 0 aliphatic heterocycles. The lowest BCUT2D eigenvalue weighted by Crippen LogP contribution is -2.04. The average Bonchev–Trinajstić information content (AvgIpc) is 2.63. The highest BCUT2D eigenvalue weighted by Crippen LogP contribution is 2.22. The Hall–Kier alpha value is -2.45. The predicted molar refractivity (Wildman–Crippen MR) is 105 cm³/mol. The van der Waals surface area contributed by atoms with E-state index >= 15 is 0 Å². The van der Waals surface area contributed by atoms with Gasteiger partial charge in [-0.15, -0.1) is 0 Å². The smallest absolute Gasteiger partial charge is 0.124 e. The summed E-state index contributed by atoms with van der Waals surface area (Å²) in [5, 5.41) is 4.22. The van der Waals surface area contributed by atoms with Crippen LogP contribution in [-0.4, -0.2) is 0 Å². The molecule has 25 heavy (non-hydrogen) atoms. The van der Waals surface area contributed by atoms with Crippen molar-refractivity contribution in [2.45, 2.75) is 27.0 Å². The zero-order valence-corrected chi connectivity index (χ0v) is 15.3. The van der Waals surface area contributed by atoms with E-state index in [1.165, 1.54) is 11.1 Å². The minimum absolute atomic E-state index is 0.526. The molecule has 0 aromatic heterocycles. The molecular formula is C22H22ClNO. The maximum Gasteiger partial charge on any atom is 0.124 e. The molecule has 0 atom stereocenters. The molecule has 0 spiro atoms. The minimum Gasteiger partial charge on any atom is -0.489 e. The summed E-state index contributed by atoms with van der Waals surface area (Å²) < 4.78 is 6.01. The largest absolute Gasteiger partial charge is 0.489 e. The average molecular weight is 352 g/mol. The van der Waals surface area contributed by atoms with Gasteiger partial charge in [-0.25, -0.2) is 0 Å². The van der Waals surface area contributed by atoms with Gasteiger partial charge in [0, 0.05) is 22.8 Å². The van der Waals surface area contributed by atoms with Crippen molar-refractivity contribution in [3.63, 3.8) is 0 Å². The van der Waals surface area contributed by atoms with Gasteiger partial charge in [-0.3, -0.25) is 0 Å². The molecule has 3 aromatic carbocycles. The highest BCUT2D eigenvalue weighted by atomic mass is 35.5. The van der Waals surface area contributed by atoms with Crippen LogP contribution in [0.4, 0.5) is 5.69 Å². The molecule has 0 aliphatic carbocycles. The maximum absolute atomic E-state index is 6.01. The van der Waals surface area contributed by atoms with Gasteiger partial charge in [-0.2, -0.15) is 0 Å². The molecule has 0 radical (unpaired) electrons. The first kappa shape index (κ1) is 17.4. The van der Waals surface area contributed by atoms with Crippen molar-refractivity contribution in [2.75, 3.05) is 5.32 Å². The van der Waals surface area contributed by atoms with Crippen LogP contribution in [0.2, 0.25) is 5.02 Å². The highest BCUT2D eigenvalue weighted by Gasteiger charge is 2.04. The SMILES string of the molecule is Cc1ccc(NCc2ccccc2OCc2ccc(Cl)cc2)cc1C. The van der Waals surface area contributed by atoms with E-state index in [1.54, 1.807) is 0 Å². The molecule has 0 bridgehead atoms. The first-order chi connectivity index (χ1) is 12.1. The van der Waals surface area contributed by atoms with Crippen LogP contribution in [-0.2, 0) is 13.2 Å². The van der Waals surface area contributed by atoms with Gasteiger partial charge in [0.15, 0.2) is 0 Å². The summed E-state index contributed by atoms with van der Waals surface area (Å²) in [6.45, 7) is 5.50. The lowest BCUT2D eigenvalue weighted by Gasteiger charge is -2.13. The maximum atomic E-state index is 6.01. The van der Waals surface area contributed by atoms with Crippen LogP contribution in [0.5, 0.6) is 5.75 Å². The zero-order chi connectivity index (χ0) is 17.6. The molecule has 0 amide bonds. The third-order valence-corrected chi connectivity index (χ3v) is 4.52. The summed E-state index contributed by atoms with van der Waals surface area (Å²) in [5.41, 5.74) is 5.95. The van der Waals surface area contributed by atoms with Crippen molar-refractivity contribution in [3.05, 3.63) is 94.0 Å². The molecule has 3 rings (SSSR count). The number of ether oxygens (including phenoxy) is 1. The van der Waals surface area contributed by atoms with Crippen LogP contribution in [0.25, 0.3) is 0 Å². The van der Waals surface area contributed by atoms with E-state index in [1.807, 2.05) is 42.5 Å². The molecule has 1 N–H and O–H groups in total. The first-order valence-corrected chi connectivity index (χ1v) is 8.76. The number of halogens is 1. The van der Waals surface area contributed by atoms with Crippen LogP contribution in [0, 0.1) is 13.8 Å². The van der Waals surface area contributed by atoms with Crippen molar-refractivity contribution in [2.24, 2.45) is 0 Å². The van der Waals surface area contributed by atoms with Gasteiger partial charge in [-0.05, 0) is 60.9 Å². The van der Waals surface area contributed by atoms with Gasteiger partial charge >= 0.3 is 0 Å². The molecule has 0 saturated carbocycles. The molecule has 128 valence electrons. The number of para-hydroxylation sites is 1. The molecule has 3 heteroatoms. The quantitative estimate of drug-likeness (QED) is 0.575. The fourth-order valence-electron chi connectivity index (χ4n) is 2.58. The number of aryl methyl sites for hydroxylation is 2. The van der Waals surface area contributed by atoms with E-state index < -0.39 is 0 Å². The Morgan fingerprint density at radius 2 is 1.64 bits per heavy atom. The monoisotopic (exact) mass is 351 g/mol. The second-order valence-electron chi connectivity index (χ2n) is 6.18. The molecule has 0 fully saturated rings. The van der Waals surface area contributed by atoms with Crippen molar-refractivity contribution < 1.29 is 4.74 Å². The Kier molecular flexibility index (Phi) is 5.62.